The molecule has 3 aromatic carbocycles. The highest BCUT2D eigenvalue weighted by Crippen LogP contribution is 2.35. The van der Waals surface area contributed by atoms with Gasteiger partial charge in [-0.3, -0.25) is 0 Å². The van der Waals surface area contributed by atoms with Crippen LogP contribution in [0.1, 0.15) is 5.56 Å². The van der Waals surface area contributed by atoms with Gasteiger partial charge in [0.1, 0.15) is 5.69 Å². The van der Waals surface area contributed by atoms with Crippen molar-refractivity contribution in [3.8, 4) is 5.69 Å². The van der Waals surface area contributed by atoms with Crippen LogP contribution in [0.3, 0.4) is 0 Å². The quantitative estimate of drug-likeness (QED) is 0.136. The van der Waals surface area contributed by atoms with Gasteiger partial charge >= 0.3 is 0 Å². The molecule has 4 rings (SSSR count). The van der Waals surface area contributed by atoms with Gasteiger partial charge in [-0.2, -0.15) is 0 Å². The van der Waals surface area contributed by atoms with Gasteiger partial charge in [0.15, 0.2) is 29.1 Å². The number of oxime groups is 1. The molecule has 0 unspecified atom stereocenters. The molecule has 0 saturated heterocycles. The van der Waals surface area contributed by atoms with Crippen LogP contribution in [0.15, 0.2) is 53.7 Å². The molecule has 3 N–H and O–H groups in total. The van der Waals surface area contributed by atoms with Crippen LogP contribution in [0.2, 0.25) is 0 Å². The predicted molar refractivity (Wildman–Crippen MR) is 93.1 cm³/mol. The lowest BCUT2D eigenvalue weighted by atomic mass is 10.1. The van der Waals surface area contributed by atoms with Crippen molar-refractivity contribution in [3.05, 3.63) is 77.4 Å². The van der Waals surface area contributed by atoms with Crippen LogP contribution in [-0.2, 0) is 0 Å². The summed E-state index contributed by atoms with van der Waals surface area (Å²) in [5.41, 5.74) is 3.71. The maximum atomic E-state index is 14.8. The van der Waals surface area contributed by atoms with Crippen molar-refractivity contribution in [1.29, 1.82) is 0 Å². The molecule has 0 saturated carbocycles. The Bertz CT molecular complexity index is 1160. The standard InChI is InChI=1S/C19H11F4N3O/c20-14-13(19(24)25-27)15(21)17(23)18(16(14)22)26-11-7-3-1-5-9(11)10-6-2-4-8-12(10)26/h1-8,27H,(H2,24,25). The van der Waals surface area contributed by atoms with Gasteiger partial charge in [0.25, 0.3) is 0 Å². The minimum Gasteiger partial charge on any atom is -0.409 e. The summed E-state index contributed by atoms with van der Waals surface area (Å²) in [7, 11) is 0. The van der Waals surface area contributed by atoms with E-state index in [2.05, 4.69) is 5.16 Å². The van der Waals surface area contributed by atoms with Crippen molar-refractivity contribution in [1.82, 2.24) is 4.57 Å². The van der Waals surface area contributed by atoms with Gasteiger partial charge in [0, 0.05) is 10.8 Å². The monoisotopic (exact) mass is 373 g/mol. The zero-order valence-corrected chi connectivity index (χ0v) is 13.5. The van der Waals surface area contributed by atoms with Gasteiger partial charge in [-0.1, -0.05) is 41.6 Å². The number of hydrogen-bond acceptors (Lipinski definition) is 2. The first kappa shape index (κ1) is 16.9. The van der Waals surface area contributed by atoms with Crippen molar-refractivity contribution in [2.45, 2.75) is 0 Å². The van der Waals surface area contributed by atoms with Crippen LogP contribution >= 0.6 is 0 Å². The summed E-state index contributed by atoms with van der Waals surface area (Å²) in [6.45, 7) is 0. The summed E-state index contributed by atoms with van der Waals surface area (Å²) in [4.78, 5) is 0. The molecule has 8 heteroatoms. The molecule has 4 aromatic rings. The van der Waals surface area contributed by atoms with Crippen LogP contribution in [0, 0.1) is 23.3 Å². The fourth-order valence-corrected chi connectivity index (χ4v) is 3.25. The number of fused-ring (bicyclic) bond motifs is 3. The number of rotatable bonds is 2. The third kappa shape index (κ3) is 2.26. The molecule has 136 valence electrons. The van der Waals surface area contributed by atoms with Gasteiger partial charge in [-0.15, -0.1) is 0 Å². The van der Waals surface area contributed by atoms with E-state index in [4.69, 9.17) is 10.9 Å². The van der Waals surface area contributed by atoms with Crippen LogP contribution in [-0.4, -0.2) is 15.6 Å². The van der Waals surface area contributed by atoms with E-state index in [9.17, 15) is 17.6 Å². The average Bonchev–Trinajstić information content (AvgIpc) is 3.01. The first-order chi connectivity index (χ1) is 13.0. The third-order valence-corrected chi connectivity index (χ3v) is 4.41. The van der Waals surface area contributed by atoms with Crippen molar-refractivity contribution in [2.24, 2.45) is 10.9 Å². The predicted octanol–water partition coefficient (Wildman–Crippen LogP) is 4.43. The second-order valence-electron chi connectivity index (χ2n) is 5.83. The maximum absolute atomic E-state index is 14.8. The van der Waals surface area contributed by atoms with Gasteiger partial charge < -0.3 is 15.5 Å². The smallest absolute Gasteiger partial charge is 0.186 e. The van der Waals surface area contributed by atoms with Crippen molar-refractivity contribution in [3.63, 3.8) is 0 Å². The molecule has 0 aliphatic rings. The largest absolute Gasteiger partial charge is 0.409 e. The summed E-state index contributed by atoms with van der Waals surface area (Å²) >= 11 is 0. The molecule has 1 heterocycles. The molecular formula is C19H11F4N3O. The van der Waals surface area contributed by atoms with E-state index in [1.54, 1.807) is 48.5 Å². The molecular weight excluding hydrogens is 362 g/mol. The summed E-state index contributed by atoms with van der Waals surface area (Å²) in [5.74, 6) is -7.87. The van der Waals surface area contributed by atoms with E-state index in [0.29, 0.717) is 21.8 Å². The zero-order chi connectivity index (χ0) is 19.3. The van der Waals surface area contributed by atoms with Gasteiger partial charge in [-0.05, 0) is 12.1 Å². The lowest BCUT2D eigenvalue weighted by Crippen LogP contribution is -2.21. The Balaban J connectivity index is 2.20. The zero-order valence-electron chi connectivity index (χ0n) is 13.5. The highest BCUT2D eigenvalue weighted by atomic mass is 19.2. The summed E-state index contributed by atoms with van der Waals surface area (Å²) in [6, 6.07) is 13.4. The van der Waals surface area contributed by atoms with Gasteiger partial charge in [-0.25, -0.2) is 17.6 Å². The molecule has 0 spiro atoms. The Morgan fingerprint density at radius 1 is 0.778 bits per heavy atom. The number of nitrogens with two attached hydrogens (primary N) is 1. The molecule has 4 nitrogen and oxygen atoms in total. The number of amidine groups is 1. The molecule has 0 aliphatic carbocycles. The van der Waals surface area contributed by atoms with E-state index in [1.807, 2.05) is 0 Å². The fraction of sp³-hybridized carbons (Fsp3) is 0. The molecule has 0 radical (unpaired) electrons. The molecule has 0 atom stereocenters. The molecule has 0 aliphatic heterocycles. The molecule has 1 aromatic heterocycles. The van der Waals surface area contributed by atoms with Crippen LogP contribution in [0.5, 0.6) is 0 Å². The van der Waals surface area contributed by atoms with Crippen molar-refractivity contribution >= 4 is 27.6 Å². The number of aromatic nitrogens is 1. The Kier molecular flexibility index (Phi) is 3.76. The highest BCUT2D eigenvalue weighted by Gasteiger charge is 2.30. The van der Waals surface area contributed by atoms with Crippen LogP contribution in [0.4, 0.5) is 17.6 Å². The van der Waals surface area contributed by atoms with Crippen molar-refractivity contribution < 1.29 is 22.8 Å². The number of benzene rings is 3. The van der Waals surface area contributed by atoms with Crippen LogP contribution < -0.4 is 5.73 Å². The van der Waals surface area contributed by atoms with Crippen molar-refractivity contribution in [2.75, 3.05) is 0 Å². The number of hydrogen-bond donors (Lipinski definition) is 2. The second-order valence-corrected chi connectivity index (χ2v) is 5.83. The van der Waals surface area contributed by atoms with Crippen LogP contribution in [0.25, 0.3) is 27.5 Å². The molecule has 0 bridgehead atoms. The summed E-state index contributed by atoms with van der Waals surface area (Å²) < 4.78 is 59.7. The third-order valence-electron chi connectivity index (χ3n) is 4.41. The average molecular weight is 373 g/mol. The van der Waals surface area contributed by atoms with E-state index in [1.165, 1.54) is 0 Å². The van der Waals surface area contributed by atoms with E-state index >= 15 is 0 Å². The SMILES string of the molecule is NC(=NO)c1c(F)c(F)c(-n2c3ccccc3c3ccccc32)c(F)c1F. The van der Waals surface area contributed by atoms with E-state index in [0.717, 1.165) is 4.57 Å². The number of para-hydroxylation sites is 2. The number of nitrogens with zero attached hydrogens (tertiary/aromatic N) is 2. The maximum Gasteiger partial charge on any atom is 0.186 e. The molecule has 27 heavy (non-hydrogen) atoms. The summed E-state index contributed by atoms with van der Waals surface area (Å²) in [5, 5.41) is 12.4. The van der Waals surface area contributed by atoms with E-state index in [-0.39, 0.29) is 0 Å². The Morgan fingerprint density at radius 3 is 1.67 bits per heavy atom. The topological polar surface area (TPSA) is 63.5 Å². The first-order valence-electron chi connectivity index (χ1n) is 7.79. The normalized spacial score (nSPS) is 12.2. The Labute approximate surface area is 149 Å². The van der Waals surface area contributed by atoms with Gasteiger partial charge in [0.2, 0.25) is 0 Å². The molecule has 0 fully saturated rings. The minimum absolute atomic E-state index is 0.367. The second kappa shape index (κ2) is 6.01. The molecule has 0 amide bonds. The summed E-state index contributed by atoms with van der Waals surface area (Å²) in [6.07, 6.45) is 0. The Morgan fingerprint density at radius 2 is 1.22 bits per heavy atom. The lowest BCUT2D eigenvalue weighted by Gasteiger charge is -2.14. The highest BCUT2D eigenvalue weighted by molar-refractivity contribution is 6.09. The van der Waals surface area contributed by atoms with E-state index < -0.39 is 40.4 Å². The minimum atomic E-state index is -1.75. The Hall–Kier alpha value is -3.55. The first-order valence-corrected chi connectivity index (χ1v) is 7.79. The number of halogens is 4. The lowest BCUT2D eigenvalue weighted by molar-refractivity contribution is 0.317. The van der Waals surface area contributed by atoms with Gasteiger partial charge in [0.05, 0.1) is 16.6 Å². The fourth-order valence-electron chi connectivity index (χ4n) is 3.25.